The van der Waals surface area contributed by atoms with Gasteiger partial charge in [0.25, 0.3) is 0 Å². The van der Waals surface area contributed by atoms with Crippen LogP contribution in [0.25, 0.3) is 0 Å². The summed E-state index contributed by atoms with van der Waals surface area (Å²) in [6.45, 7) is 13.0. The molecule has 1 saturated heterocycles. The molecule has 4 heteroatoms. The maximum absolute atomic E-state index is 6.03. The highest BCUT2D eigenvalue weighted by molar-refractivity contribution is 6.62. The highest BCUT2D eigenvalue weighted by atomic mass is 16.7. The van der Waals surface area contributed by atoms with Crippen molar-refractivity contribution in [2.75, 3.05) is 0 Å². The summed E-state index contributed by atoms with van der Waals surface area (Å²) in [4.78, 5) is 0. The minimum Gasteiger partial charge on any atom is -0.399 e. The molecule has 20 heavy (non-hydrogen) atoms. The van der Waals surface area contributed by atoms with Gasteiger partial charge in [0.1, 0.15) is 0 Å². The maximum atomic E-state index is 6.03. The minimum atomic E-state index is -0.295. The molecule has 0 atom stereocenters. The molecule has 0 N–H and O–H groups in total. The van der Waals surface area contributed by atoms with E-state index >= 15 is 0 Å². The summed E-state index contributed by atoms with van der Waals surface area (Å²) in [6, 6.07) is 8.26. The Hall–Kier alpha value is -0.835. The lowest BCUT2D eigenvalue weighted by Crippen LogP contribution is -2.41. The fourth-order valence-corrected chi connectivity index (χ4v) is 2.01. The molecule has 1 aromatic carbocycles. The molecule has 0 spiro atoms. The molecule has 2 rings (SSSR count). The van der Waals surface area contributed by atoms with Crippen molar-refractivity contribution in [2.24, 2.45) is 0 Å². The lowest BCUT2D eigenvalue weighted by molar-refractivity contribution is 0.00578. The predicted octanol–water partition coefficient (Wildman–Crippen LogP) is 2.91. The maximum Gasteiger partial charge on any atom is 0.494 e. The van der Waals surface area contributed by atoms with Gasteiger partial charge >= 0.3 is 7.12 Å². The number of benzene rings is 1. The Balaban J connectivity index is 2.05. The van der Waals surface area contributed by atoms with E-state index in [4.69, 9.17) is 14.0 Å². The minimum absolute atomic E-state index is 0.248. The Kier molecular flexibility index (Phi) is 4.28. The monoisotopic (exact) mass is 276 g/mol. The number of hydrogen-bond acceptors (Lipinski definition) is 3. The zero-order chi connectivity index (χ0) is 15.0. The van der Waals surface area contributed by atoms with E-state index in [0.717, 1.165) is 5.46 Å². The first kappa shape index (κ1) is 15.6. The van der Waals surface area contributed by atoms with E-state index in [2.05, 4.69) is 52.0 Å². The molecule has 0 aromatic heterocycles. The molecule has 1 aliphatic rings. The highest BCUT2D eigenvalue weighted by Gasteiger charge is 2.51. The Labute approximate surface area is 122 Å². The Morgan fingerprint density at radius 3 is 1.95 bits per heavy atom. The Bertz CT molecular complexity index is 435. The van der Waals surface area contributed by atoms with E-state index in [-0.39, 0.29) is 24.4 Å². The van der Waals surface area contributed by atoms with Gasteiger partial charge in [0.2, 0.25) is 0 Å². The van der Waals surface area contributed by atoms with Gasteiger partial charge in [-0.1, -0.05) is 24.3 Å². The smallest absolute Gasteiger partial charge is 0.399 e. The molecule has 1 aromatic rings. The summed E-state index contributed by atoms with van der Waals surface area (Å²) in [5, 5.41) is 0. The van der Waals surface area contributed by atoms with Crippen molar-refractivity contribution in [3.63, 3.8) is 0 Å². The molecule has 0 aliphatic carbocycles. The van der Waals surface area contributed by atoms with Gasteiger partial charge in [-0.25, -0.2) is 0 Å². The normalized spacial score (nSPS) is 20.6. The van der Waals surface area contributed by atoms with Gasteiger partial charge in [-0.3, -0.25) is 0 Å². The van der Waals surface area contributed by atoms with Crippen molar-refractivity contribution in [1.82, 2.24) is 0 Å². The van der Waals surface area contributed by atoms with Gasteiger partial charge in [0.05, 0.1) is 23.9 Å². The summed E-state index contributed by atoms with van der Waals surface area (Å²) in [5.74, 6) is 0. The summed E-state index contributed by atoms with van der Waals surface area (Å²) >= 11 is 0. The van der Waals surface area contributed by atoms with E-state index in [0.29, 0.717) is 6.61 Å². The molecule has 3 nitrogen and oxygen atoms in total. The molecule has 0 amide bonds. The fraction of sp³-hybridized carbons (Fsp3) is 0.625. The average molecular weight is 276 g/mol. The van der Waals surface area contributed by atoms with Gasteiger partial charge in [0.15, 0.2) is 0 Å². The van der Waals surface area contributed by atoms with Gasteiger partial charge < -0.3 is 14.0 Å². The first-order valence-electron chi connectivity index (χ1n) is 7.27. The second kappa shape index (κ2) is 5.51. The van der Waals surface area contributed by atoms with Crippen LogP contribution in [0.5, 0.6) is 0 Å². The molecule has 0 radical (unpaired) electrons. The van der Waals surface area contributed by atoms with Crippen LogP contribution in [0.15, 0.2) is 24.3 Å². The first-order chi connectivity index (χ1) is 9.21. The van der Waals surface area contributed by atoms with Crippen molar-refractivity contribution in [3.8, 4) is 0 Å². The van der Waals surface area contributed by atoms with Crippen LogP contribution < -0.4 is 5.46 Å². The quantitative estimate of drug-likeness (QED) is 0.791. The third-order valence-electron chi connectivity index (χ3n) is 4.09. The van der Waals surface area contributed by atoms with Crippen molar-refractivity contribution < 1.29 is 14.0 Å². The Morgan fingerprint density at radius 1 is 1.00 bits per heavy atom. The lowest BCUT2D eigenvalue weighted by atomic mass is 9.79. The summed E-state index contributed by atoms with van der Waals surface area (Å²) < 4.78 is 17.7. The topological polar surface area (TPSA) is 27.7 Å². The molecular weight excluding hydrogens is 251 g/mol. The fourth-order valence-electron chi connectivity index (χ4n) is 2.01. The van der Waals surface area contributed by atoms with Crippen LogP contribution in [0.2, 0.25) is 0 Å². The number of ether oxygens (including phenoxy) is 1. The SMILES string of the molecule is CC(C)OCc1ccc(B2OC(C)(C)C(C)(C)O2)cc1. The van der Waals surface area contributed by atoms with Crippen LogP contribution in [-0.2, 0) is 20.7 Å². The van der Waals surface area contributed by atoms with Crippen LogP contribution in [0, 0.1) is 0 Å². The zero-order valence-corrected chi connectivity index (χ0v) is 13.4. The standard InChI is InChI=1S/C16H25BO3/c1-12(2)18-11-13-7-9-14(10-8-13)17-19-15(3,4)16(5,6)20-17/h7-10,12H,11H2,1-6H3. The third kappa shape index (κ3) is 3.25. The van der Waals surface area contributed by atoms with Crippen molar-refractivity contribution >= 4 is 12.6 Å². The molecular formula is C16H25BO3. The van der Waals surface area contributed by atoms with Crippen molar-refractivity contribution in [2.45, 2.75) is 65.5 Å². The molecule has 0 bridgehead atoms. The summed E-state index contributed by atoms with van der Waals surface area (Å²) in [6.07, 6.45) is 0.248. The van der Waals surface area contributed by atoms with Crippen LogP contribution in [0.3, 0.4) is 0 Å². The van der Waals surface area contributed by atoms with E-state index in [1.165, 1.54) is 5.56 Å². The van der Waals surface area contributed by atoms with Crippen LogP contribution in [-0.4, -0.2) is 24.4 Å². The molecule has 1 aliphatic heterocycles. The van der Waals surface area contributed by atoms with E-state index < -0.39 is 0 Å². The van der Waals surface area contributed by atoms with Gasteiger partial charge in [0, 0.05) is 0 Å². The number of rotatable bonds is 4. The van der Waals surface area contributed by atoms with E-state index in [1.807, 2.05) is 13.8 Å². The van der Waals surface area contributed by atoms with Gasteiger partial charge in [-0.2, -0.15) is 0 Å². The summed E-state index contributed by atoms with van der Waals surface area (Å²) in [7, 11) is -0.292. The average Bonchev–Trinajstić information content (AvgIpc) is 2.56. The molecule has 0 unspecified atom stereocenters. The van der Waals surface area contributed by atoms with Crippen LogP contribution in [0.1, 0.15) is 47.1 Å². The molecule has 1 heterocycles. The highest BCUT2D eigenvalue weighted by Crippen LogP contribution is 2.36. The largest absolute Gasteiger partial charge is 0.494 e. The van der Waals surface area contributed by atoms with Crippen LogP contribution in [0.4, 0.5) is 0 Å². The van der Waals surface area contributed by atoms with Gasteiger partial charge in [-0.05, 0) is 52.6 Å². The molecule has 1 fully saturated rings. The van der Waals surface area contributed by atoms with Gasteiger partial charge in [-0.15, -0.1) is 0 Å². The van der Waals surface area contributed by atoms with E-state index in [9.17, 15) is 0 Å². The zero-order valence-electron chi connectivity index (χ0n) is 13.4. The van der Waals surface area contributed by atoms with Crippen molar-refractivity contribution in [1.29, 1.82) is 0 Å². The summed E-state index contributed by atoms with van der Waals surface area (Å²) in [5.41, 5.74) is 1.63. The second-order valence-corrected chi connectivity index (χ2v) is 6.69. The predicted molar refractivity (Wildman–Crippen MR) is 82.1 cm³/mol. The third-order valence-corrected chi connectivity index (χ3v) is 4.09. The number of hydrogen-bond donors (Lipinski definition) is 0. The molecule has 110 valence electrons. The Morgan fingerprint density at radius 2 is 1.50 bits per heavy atom. The first-order valence-corrected chi connectivity index (χ1v) is 7.27. The van der Waals surface area contributed by atoms with Crippen molar-refractivity contribution in [3.05, 3.63) is 29.8 Å². The van der Waals surface area contributed by atoms with Crippen LogP contribution >= 0.6 is 0 Å². The molecule has 0 saturated carbocycles. The lowest BCUT2D eigenvalue weighted by Gasteiger charge is -2.32. The second-order valence-electron chi connectivity index (χ2n) is 6.69. The van der Waals surface area contributed by atoms with E-state index in [1.54, 1.807) is 0 Å².